The highest BCUT2D eigenvalue weighted by Gasteiger charge is 2.19. The van der Waals surface area contributed by atoms with Gasteiger partial charge in [0.2, 0.25) is 0 Å². The maximum Gasteiger partial charge on any atom is 0.105 e. The molecule has 0 fully saturated rings. The average molecular weight is 257 g/mol. The third-order valence-electron chi connectivity index (χ3n) is 3.58. The molecule has 3 nitrogen and oxygen atoms in total. The average Bonchev–Trinajstić information content (AvgIpc) is 2.81. The molecule has 0 aliphatic carbocycles. The molecule has 0 aliphatic rings. The quantitative estimate of drug-likeness (QED) is 0.806. The van der Waals surface area contributed by atoms with Crippen molar-refractivity contribution in [2.45, 2.75) is 32.7 Å². The summed E-state index contributed by atoms with van der Waals surface area (Å²) >= 11 is 0. The molecule has 1 N–H and O–H groups in total. The predicted octanol–water partition coefficient (Wildman–Crippen LogP) is 2.76. The van der Waals surface area contributed by atoms with Crippen LogP contribution in [0.4, 0.5) is 0 Å². The topological polar surface area (TPSA) is 29.9 Å². The Morgan fingerprint density at radius 2 is 1.95 bits per heavy atom. The summed E-state index contributed by atoms with van der Waals surface area (Å²) in [6.45, 7) is 9.50. The molecule has 2 rings (SSSR count). The maximum atomic E-state index is 4.23. The summed E-state index contributed by atoms with van der Waals surface area (Å²) in [6.07, 6.45) is 3.88. The fourth-order valence-electron chi connectivity index (χ4n) is 2.23. The highest BCUT2D eigenvalue weighted by atomic mass is 15.1. The van der Waals surface area contributed by atoms with Gasteiger partial charge in [-0.3, -0.25) is 0 Å². The van der Waals surface area contributed by atoms with E-state index in [1.165, 1.54) is 5.56 Å². The smallest absolute Gasteiger partial charge is 0.105 e. The second-order valence-corrected chi connectivity index (χ2v) is 5.59. The summed E-state index contributed by atoms with van der Waals surface area (Å²) in [5.41, 5.74) is 1.53. The van der Waals surface area contributed by atoms with Gasteiger partial charge in [-0.05, 0) is 12.5 Å². The summed E-state index contributed by atoms with van der Waals surface area (Å²) < 4.78 is 2.17. The van der Waals surface area contributed by atoms with Gasteiger partial charge >= 0.3 is 0 Å². The number of nitrogens with zero attached hydrogens (tertiary/aromatic N) is 2. The van der Waals surface area contributed by atoms with E-state index in [1.807, 2.05) is 19.3 Å². The minimum atomic E-state index is 0.158. The molecule has 0 saturated carbocycles. The van der Waals surface area contributed by atoms with Crippen molar-refractivity contribution in [2.24, 2.45) is 0 Å². The number of nitrogens with one attached hydrogen (secondary N) is 1. The molecule has 0 unspecified atom stereocenters. The van der Waals surface area contributed by atoms with E-state index in [2.05, 4.69) is 59.0 Å². The Morgan fingerprint density at radius 1 is 1.21 bits per heavy atom. The first kappa shape index (κ1) is 13.8. The van der Waals surface area contributed by atoms with Crippen molar-refractivity contribution in [1.29, 1.82) is 0 Å². The lowest BCUT2D eigenvalue weighted by Crippen LogP contribution is -2.34. The lowest BCUT2D eigenvalue weighted by Gasteiger charge is -2.25. The van der Waals surface area contributed by atoms with Crippen LogP contribution in [-0.2, 0) is 12.0 Å². The Hall–Kier alpha value is -1.61. The van der Waals surface area contributed by atoms with E-state index in [9.17, 15) is 0 Å². The normalized spacial score (nSPS) is 11.7. The van der Waals surface area contributed by atoms with Crippen LogP contribution in [0.15, 0.2) is 42.7 Å². The fraction of sp³-hybridized carbons (Fsp3) is 0.438. The minimum Gasteiger partial charge on any atom is -0.334 e. The molecule has 0 amide bonds. The van der Waals surface area contributed by atoms with Crippen LogP contribution >= 0.6 is 0 Å². The Kier molecular flexibility index (Phi) is 4.38. The SMILES string of the molecule is Cc1nccn1CCNCC(C)(C)c1ccccc1. The van der Waals surface area contributed by atoms with Gasteiger partial charge in [-0.1, -0.05) is 44.2 Å². The van der Waals surface area contributed by atoms with Crippen LogP contribution < -0.4 is 5.32 Å². The van der Waals surface area contributed by atoms with E-state index in [4.69, 9.17) is 0 Å². The molecule has 0 spiro atoms. The lowest BCUT2D eigenvalue weighted by atomic mass is 9.85. The summed E-state index contributed by atoms with van der Waals surface area (Å²) in [5.74, 6) is 1.07. The fourth-order valence-corrected chi connectivity index (χ4v) is 2.23. The van der Waals surface area contributed by atoms with Gasteiger partial charge in [-0.2, -0.15) is 0 Å². The molecule has 19 heavy (non-hydrogen) atoms. The van der Waals surface area contributed by atoms with E-state index in [1.54, 1.807) is 0 Å². The van der Waals surface area contributed by atoms with Gasteiger partial charge in [-0.15, -0.1) is 0 Å². The first-order valence-electron chi connectivity index (χ1n) is 6.83. The first-order chi connectivity index (χ1) is 9.09. The molecule has 0 bridgehead atoms. The van der Waals surface area contributed by atoms with Crippen LogP contribution in [0.5, 0.6) is 0 Å². The van der Waals surface area contributed by atoms with Crippen molar-refractivity contribution < 1.29 is 0 Å². The highest BCUT2D eigenvalue weighted by molar-refractivity contribution is 5.23. The molecule has 1 aromatic carbocycles. The third kappa shape index (κ3) is 3.67. The summed E-state index contributed by atoms with van der Waals surface area (Å²) in [4.78, 5) is 4.23. The molecule has 2 aromatic rings. The highest BCUT2D eigenvalue weighted by Crippen LogP contribution is 2.21. The second-order valence-electron chi connectivity index (χ2n) is 5.59. The molecule has 0 atom stereocenters. The van der Waals surface area contributed by atoms with Crippen LogP contribution in [0.1, 0.15) is 25.2 Å². The van der Waals surface area contributed by atoms with E-state index < -0.39 is 0 Å². The van der Waals surface area contributed by atoms with Crippen LogP contribution in [-0.4, -0.2) is 22.6 Å². The Bertz CT molecular complexity index is 500. The van der Waals surface area contributed by atoms with Crippen LogP contribution in [0.3, 0.4) is 0 Å². The summed E-state index contributed by atoms with van der Waals surface area (Å²) in [6, 6.07) is 10.7. The van der Waals surface area contributed by atoms with E-state index in [0.29, 0.717) is 0 Å². The molecular weight excluding hydrogens is 234 g/mol. The number of benzene rings is 1. The molecule has 102 valence electrons. The number of aryl methyl sites for hydroxylation is 1. The molecular formula is C16H23N3. The standard InChI is InChI=1S/C16H23N3/c1-14-18-10-12-19(14)11-9-17-13-16(2,3)15-7-5-4-6-8-15/h4-8,10,12,17H,9,11,13H2,1-3H3. The Morgan fingerprint density at radius 3 is 2.58 bits per heavy atom. The molecule has 1 heterocycles. The zero-order valence-electron chi connectivity index (χ0n) is 12.1. The molecule has 3 heteroatoms. The molecule has 0 radical (unpaired) electrons. The number of hydrogen-bond acceptors (Lipinski definition) is 2. The zero-order valence-corrected chi connectivity index (χ0v) is 12.1. The van der Waals surface area contributed by atoms with Gasteiger partial charge in [0.15, 0.2) is 0 Å². The van der Waals surface area contributed by atoms with Gasteiger partial charge in [0.05, 0.1) is 0 Å². The van der Waals surface area contributed by atoms with Crippen molar-refractivity contribution in [3.05, 3.63) is 54.1 Å². The van der Waals surface area contributed by atoms with Crippen LogP contribution in [0, 0.1) is 6.92 Å². The van der Waals surface area contributed by atoms with Gasteiger partial charge in [0.1, 0.15) is 5.82 Å². The number of rotatable bonds is 6. The summed E-state index contributed by atoms with van der Waals surface area (Å²) in [7, 11) is 0. The van der Waals surface area contributed by atoms with E-state index in [-0.39, 0.29) is 5.41 Å². The number of aromatic nitrogens is 2. The number of hydrogen-bond donors (Lipinski definition) is 1. The van der Waals surface area contributed by atoms with Crippen molar-refractivity contribution in [2.75, 3.05) is 13.1 Å². The van der Waals surface area contributed by atoms with Gasteiger partial charge in [0, 0.05) is 37.4 Å². The van der Waals surface area contributed by atoms with E-state index >= 15 is 0 Å². The maximum absolute atomic E-state index is 4.23. The predicted molar refractivity (Wildman–Crippen MR) is 79.3 cm³/mol. The zero-order chi connectivity index (χ0) is 13.7. The third-order valence-corrected chi connectivity index (χ3v) is 3.58. The summed E-state index contributed by atoms with van der Waals surface area (Å²) in [5, 5.41) is 3.54. The molecule has 1 aromatic heterocycles. The number of imidazole rings is 1. The van der Waals surface area contributed by atoms with E-state index in [0.717, 1.165) is 25.5 Å². The monoisotopic (exact) mass is 257 g/mol. The Labute approximate surface area is 115 Å². The molecule has 0 saturated heterocycles. The lowest BCUT2D eigenvalue weighted by molar-refractivity contribution is 0.457. The second kappa shape index (κ2) is 6.02. The largest absolute Gasteiger partial charge is 0.334 e. The van der Waals surface area contributed by atoms with Gasteiger partial charge in [-0.25, -0.2) is 4.98 Å². The first-order valence-corrected chi connectivity index (χ1v) is 6.83. The Balaban J connectivity index is 1.81. The van der Waals surface area contributed by atoms with Crippen molar-refractivity contribution >= 4 is 0 Å². The molecule has 0 aliphatic heterocycles. The minimum absolute atomic E-state index is 0.158. The van der Waals surface area contributed by atoms with Gasteiger partial charge < -0.3 is 9.88 Å². The van der Waals surface area contributed by atoms with Crippen LogP contribution in [0.2, 0.25) is 0 Å². The van der Waals surface area contributed by atoms with Crippen molar-refractivity contribution in [3.63, 3.8) is 0 Å². The van der Waals surface area contributed by atoms with Crippen molar-refractivity contribution in [1.82, 2.24) is 14.9 Å². The van der Waals surface area contributed by atoms with Gasteiger partial charge in [0.25, 0.3) is 0 Å². The van der Waals surface area contributed by atoms with Crippen molar-refractivity contribution in [3.8, 4) is 0 Å². The van der Waals surface area contributed by atoms with Crippen LogP contribution in [0.25, 0.3) is 0 Å².